The molecule has 2 aliphatic carbocycles. The lowest BCUT2D eigenvalue weighted by atomic mass is 10.0. The van der Waals surface area contributed by atoms with Gasteiger partial charge < -0.3 is 15.1 Å². The second-order valence-electron chi connectivity index (χ2n) is 9.64. The average Bonchev–Trinajstić information content (AvgIpc) is 3.60. The first-order valence-electron chi connectivity index (χ1n) is 12.5. The predicted octanol–water partition coefficient (Wildman–Crippen LogP) is 4.17. The summed E-state index contributed by atoms with van der Waals surface area (Å²) >= 11 is 0. The van der Waals surface area contributed by atoms with Gasteiger partial charge in [0.2, 0.25) is 17.8 Å². The molecule has 1 aliphatic heterocycles. The SMILES string of the molecule is CCN(CC)C(=O)[C@H]1CCCN1c1nc2c(c(Nc3cc([C@H]4CCC(F)(F)C4)[nH]n3)n1)CCC2. The first-order chi connectivity index (χ1) is 16.4. The van der Waals surface area contributed by atoms with Crippen molar-refractivity contribution in [3.63, 3.8) is 0 Å². The van der Waals surface area contributed by atoms with Crippen LogP contribution in [0.2, 0.25) is 0 Å². The van der Waals surface area contributed by atoms with Crippen LogP contribution in [0, 0.1) is 0 Å². The number of fused-ring (bicyclic) bond motifs is 1. The van der Waals surface area contributed by atoms with E-state index in [4.69, 9.17) is 9.97 Å². The van der Waals surface area contributed by atoms with Gasteiger partial charge in [-0.15, -0.1) is 0 Å². The number of hydrogen-bond donors (Lipinski definition) is 2. The normalized spacial score (nSPS) is 23.4. The van der Waals surface area contributed by atoms with Gasteiger partial charge >= 0.3 is 0 Å². The molecule has 2 atom stereocenters. The highest BCUT2D eigenvalue weighted by molar-refractivity contribution is 5.85. The fourth-order valence-electron chi connectivity index (χ4n) is 5.61. The maximum Gasteiger partial charge on any atom is 0.248 e. The standard InChI is InChI=1S/C24H33F2N7O/c1-3-32(4-2)22(34)19-9-6-12-33(19)23-27-17-8-5-7-16(17)21(29-23)28-20-13-18(30-31-20)15-10-11-24(25,26)14-15/h13,15,19H,3-12,14H2,1-2H3,(H2,27,28,29,30,31)/t15-,19+/m0/s1. The molecule has 3 aliphatic rings. The maximum absolute atomic E-state index is 13.7. The summed E-state index contributed by atoms with van der Waals surface area (Å²) < 4.78 is 27.3. The van der Waals surface area contributed by atoms with Crippen molar-refractivity contribution in [1.29, 1.82) is 0 Å². The van der Waals surface area contributed by atoms with Gasteiger partial charge in [0.1, 0.15) is 11.9 Å². The van der Waals surface area contributed by atoms with Crippen molar-refractivity contribution in [3.8, 4) is 0 Å². The van der Waals surface area contributed by atoms with Gasteiger partial charge in [-0.05, 0) is 52.4 Å². The number of aromatic amines is 1. The molecule has 1 saturated heterocycles. The van der Waals surface area contributed by atoms with E-state index < -0.39 is 5.92 Å². The Morgan fingerprint density at radius 2 is 2.06 bits per heavy atom. The zero-order chi connectivity index (χ0) is 23.9. The molecule has 5 rings (SSSR count). The van der Waals surface area contributed by atoms with Crippen molar-refractivity contribution in [3.05, 3.63) is 23.0 Å². The molecule has 2 fully saturated rings. The molecule has 0 aromatic carbocycles. The van der Waals surface area contributed by atoms with Gasteiger partial charge in [-0.1, -0.05) is 0 Å². The molecule has 3 heterocycles. The summed E-state index contributed by atoms with van der Waals surface area (Å²) in [7, 11) is 0. The fourth-order valence-corrected chi connectivity index (χ4v) is 5.61. The molecule has 0 radical (unpaired) electrons. The molecular weight excluding hydrogens is 440 g/mol. The van der Waals surface area contributed by atoms with Gasteiger partial charge in [-0.3, -0.25) is 9.89 Å². The van der Waals surface area contributed by atoms with Gasteiger partial charge in [0.05, 0.1) is 5.69 Å². The molecule has 2 aromatic rings. The number of carbonyl (C=O) groups is 1. The highest BCUT2D eigenvalue weighted by Gasteiger charge is 2.41. The van der Waals surface area contributed by atoms with Crippen LogP contribution in [0.15, 0.2) is 6.07 Å². The van der Waals surface area contributed by atoms with Crippen molar-refractivity contribution >= 4 is 23.5 Å². The lowest BCUT2D eigenvalue weighted by Crippen LogP contribution is -2.46. The lowest BCUT2D eigenvalue weighted by Gasteiger charge is -2.29. The van der Waals surface area contributed by atoms with Crippen LogP contribution in [0.1, 0.15) is 75.2 Å². The Morgan fingerprint density at radius 1 is 1.24 bits per heavy atom. The van der Waals surface area contributed by atoms with Gasteiger partial charge in [0, 0.05) is 55.7 Å². The van der Waals surface area contributed by atoms with E-state index in [0.717, 1.165) is 55.6 Å². The van der Waals surface area contributed by atoms with Crippen LogP contribution in [-0.2, 0) is 17.6 Å². The molecular formula is C24H33F2N7O. The molecule has 0 bridgehead atoms. The van der Waals surface area contributed by atoms with E-state index in [1.54, 1.807) is 0 Å². The van der Waals surface area contributed by atoms with Gasteiger partial charge in [-0.2, -0.15) is 10.1 Å². The Labute approximate surface area is 198 Å². The largest absolute Gasteiger partial charge is 0.341 e. The average molecular weight is 474 g/mol. The number of H-pyrrole nitrogens is 1. The van der Waals surface area contributed by atoms with Crippen LogP contribution in [0.3, 0.4) is 0 Å². The summed E-state index contributed by atoms with van der Waals surface area (Å²) in [6.07, 6.45) is 4.73. The maximum atomic E-state index is 13.7. The minimum absolute atomic E-state index is 0.0779. The number of carbonyl (C=O) groups excluding carboxylic acids is 1. The third-order valence-corrected chi connectivity index (χ3v) is 7.48. The van der Waals surface area contributed by atoms with E-state index in [9.17, 15) is 13.6 Å². The highest BCUT2D eigenvalue weighted by Crippen LogP contribution is 2.44. The third kappa shape index (κ3) is 4.34. The van der Waals surface area contributed by atoms with Crippen molar-refractivity contribution in [1.82, 2.24) is 25.1 Å². The van der Waals surface area contributed by atoms with Crippen molar-refractivity contribution in [2.24, 2.45) is 0 Å². The lowest BCUT2D eigenvalue weighted by molar-refractivity contribution is -0.132. The Hall–Kier alpha value is -2.78. The molecule has 2 N–H and O–H groups in total. The summed E-state index contributed by atoms with van der Waals surface area (Å²) in [6.45, 7) is 6.12. The number of nitrogens with one attached hydrogen (secondary N) is 2. The predicted molar refractivity (Wildman–Crippen MR) is 126 cm³/mol. The molecule has 1 amide bonds. The minimum atomic E-state index is -2.60. The number of alkyl halides is 2. The summed E-state index contributed by atoms with van der Waals surface area (Å²) in [4.78, 5) is 26.7. The van der Waals surface area contributed by atoms with Gasteiger partial charge in [0.15, 0.2) is 5.82 Å². The number of likely N-dealkylation sites (N-methyl/N-ethyl adjacent to an activating group) is 1. The highest BCUT2D eigenvalue weighted by atomic mass is 19.3. The first kappa shape index (κ1) is 23.0. The molecule has 184 valence electrons. The van der Waals surface area contributed by atoms with Gasteiger partial charge in [0.25, 0.3) is 0 Å². The Bertz CT molecular complexity index is 1050. The number of hydrogen-bond acceptors (Lipinski definition) is 6. The number of halogens is 2. The Kier molecular flexibility index (Phi) is 6.16. The summed E-state index contributed by atoms with van der Waals surface area (Å²) in [5.74, 6) is -0.819. The zero-order valence-corrected chi connectivity index (χ0v) is 19.9. The molecule has 8 nitrogen and oxygen atoms in total. The second-order valence-corrected chi connectivity index (χ2v) is 9.64. The van der Waals surface area contributed by atoms with Crippen molar-refractivity contribution < 1.29 is 13.6 Å². The van der Waals surface area contributed by atoms with E-state index in [1.807, 2.05) is 29.7 Å². The van der Waals surface area contributed by atoms with Crippen LogP contribution in [0.5, 0.6) is 0 Å². The zero-order valence-electron chi connectivity index (χ0n) is 19.9. The van der Waals surface area contributed by atoms with Crippen molar-refractivity contribution in [2.75, 3.05) is 29.9 Å². The smallest absolute Gasteiger partial charge is 0.248 e. The quantitative estimate of drug-likeness (QED) is 0.627. The Morgan fingerprint density at radius 3 is 2.79 bits per heavy atom. The van der Waals surface area contributed by atoms with Crippen LogP contribution >= 0.6 is 0 Å². The molecule has 10 heteroatoms. The number of rotatable bonds is 7. The van der Waals surface area contributed by atoms with Crippen LogP contribution in [-0.4, -0.2) is 62.6 Å². The molecule has 34 heavy (non-hydrogen) atoms. The summed E-state index contributed by atoms with van der Waals surface area (Å²) in [6, 6.07) is 1.57. The second kappa shape index (κ2) is 9.11. The van der Waals surface area contributed by atoms with E-state index >= 15 is 0 Å². The number of anilines is 3. The van der Waals surface area contributed by atoms with Crippen LogP contribution < -0.4 is 10.2 Å². The van der Waals surface area contributed by atoms with E-state index in [2.05, 4.69) is 15.5 Å². The van der Waals surface area contributed by atoms with E-state index in [-0.39, 0.29) is 30.7 Å². The number of aromatic nitrogens is 4. The number of amides is 1. The molecule has 0 spiro atoms. The molecule has 2 aromatic heterocycles. The first-order valence-corrected chi connectivity index (χ1v) is 12.5. The fraction of sp³-hybridized carbons (Fsp3) is 0.667. The number of nitrogens with zero attached hydrogens (tertiary/aromatic N) is 5. The third-order valence-electron chi connectivity index (χ3n) is 7.48. The Balaban J connectivity index is 1.39. The van der Waals surface area contributed by atoms with Gasteiger partial charge in [-0.25, -0.2) is 13.8 Å². The molecule has 1 saturated carbocycles. The topological polar surface area (TPSA) is 90.0 Å². The van der Waals surface area contributed by atoms with E-state index in [1.165, 1.54) is 0 Å². The monoisotopic (exact) mass is 473 g/mol. The summed E-state index contributed by atoms with van der Waals surface area (Å²) in [5, 5.41) is 10.6. The summed E-state index contributed by atoms with van der Waals surface area (Å²) in [5.41, 5.74) is 2.82. The van der Waals surface area contributed by atoms with E-state index in [0.29, 0.717) is 37.1 Å². The van der Waals surface area contributed by atoms with Crippen molar-refractivity contribution in [2.45, 2.75) is 83.1 Å². The van der Waals surface area contributed by atoms with Crippen LogP contribution in [0.4, 0.5) is 26.4 Å². The van der Waals surface area contributed by atoms with Crippen LogP contribution in [0.25, 0.3) is 0 Å². The molecule has 0 unspecified atom stereocenters. The minimum Gasteiger partial charge on any atom is -0.341 e. The number of aryl methyl sites for hydroxylation is 1.